The minimum absolute atomic E-state index is 0.189. The van der Waals surface area contributed by atoms with Crippen LogP contribution in [0.2, 0.25) is 0 Å². The zero-order valence-electron chi connectivity index (χ0n) is 16.1. The molecule has 0 N–H and O–H groups in total. The average molecular weight is 356 g/mol. The lowest BCUT2D eigenvalue weighted by atomic mass is 9.92. The predicted octanol–water partition coefficient (Wildman–Crippen LogP) is 2.77. The Morgan fingerprint density at radius 1 is 1.31 bits per heavy atom. The van der Waals surface area contributed by atoms with Crippen molar-refractivity contribution in [2.45, 2.75) is 39.2 Å². The number of aryl methyl sites for hydroxylation is 2. The number of carbonyl (C=O) groups excluding carboxylic acids is 1. The monoisotopic (exact) mass is 356 g/mol. The van der Waals surface area contributed by atoms with Crippen LogP contribution in [-0.2, 0) is 11.2 Å². The minimum atomic E-state index is -0.230. The first-order chi connectivity index (χ1) is 12.4. The van der Waals surface area contributed by atoms with Crippen LogP contribution >= 0.6 is 0 Å². The lowest BCUT2D eigenvalue weighted by Crippen LogP contribution is -2.44. The van der Waals surface area contributed by atoms with Gasteiger partial charge in [0.1, 0.15) is 6.04 Å². The van der Waals surface area contributed by atoms with Crippen LogP contribution in [0.3, 0.4) is 0 Å². The third-order valence-electron chi connectivity index (χ3n) is 5.08. The number of amides is 1. The summed E-state index contributed by atoms with van der Waals surface area (Å²) in [5.41, 5.74) is 2.24. The SMILES string of the molecule is Cc1cccc([C@H](C(=O)N2CCC(Cc3noc(C)n3)CC2)N(C)C)c1. The molecule has 0 bridgehead atoms. The number of aromatic nitrogens is 2. The molecule has 1 aromatic heterocycles. The Labute approximate surface area is 155 Å². The number of benzene rings is 1. The van der Waals surface area contributed by atoms with Crippen molar-refractivity contribution in [2.75, 3.05) is 27.2 Å². The van der Waals surface area contributed by atoms with Gasteiger partial charge in [0.15, 0.2) is 5.82 Å². The average Bonchev–Trinajstić information content (AvgIpc) is 3.00. The summed E-state index contributed by atoms with van der Waals surface area (Å²) in [6, 6.07) is 8.00. The van der Waals surface area contributed by atoms with E-state index >= 15 is 0 Å². The van der Waals surface area contributed by atoms with Gasteiger partial charge in [-0.15, -0.1) is 0 Å². The number of hydrogen-bond donors (Lipinski definition) is 0. The summed E-state index contributed by atoms with van der Waals surface area (Å²) in [6.07, 6.45) is 2.79. The summed E-state index contributed by atoms with van der Waals surface area (Å²) in [7, 11) is 3.94. The molecule has 1 aliphatic rings. The van der Waals surface area contributed by atoms with Gasteiger partial charge in [0.2, 0.25) is 11.8 Å². The molecule has 2 heterocycles. The largest absolute Gasteiger partial charge is 0.341 e. The molecule has 140 valence electrons. The Balaban J connectivity index is 1.62. The zero-order chi connectivity index (χ0) is 18.7. The van der Waals surface area contributed by atoms with E-state index in [9.17, 15) is 4.79 Å². The van der Waals surface area contributed by atoms with E-state index in [0.717, 1.165) is 43.7 Å². The fraction of sp³-hybridized carbons (Fsp3) is 0.550. The summed E-state index contributed by atoms with van der Waals surface area (Å²) in [5.74, 6) is 2.08. The molecule has 3 rings (SSSR count). The van der Waals surface area contributed by atoms with Crippen LogP contribution in [0.5, 0.6) is 0 Å². The summed E-state index contributed by atoms with van der Waals surface area (Å²) >= 11 is 0. The topological polar surface area (TPSA) is 62.5 Å². The Hall–Kier alpha value is -2.21. The molecule has 1 aliphatic heterocycles. The maximum atomic E-state index is 13.2. The Morgan fingerprint density at radius 2 is 2.04 bits per heavy atom. The van der Waals surface area contributed by atoms with Crippen LogP contribution in [0.15, 0.2) is 28.8 Å². The number of likely N-dealkylation sites (tertiary alicyclic amines) is 1. The highest BCUT2D eigenvalue weighted by Gasteiger charge is 2.31. The molecular weight excluding hydrogens is 328 g/mol. The number of likely N-dealkylation sites (N-methyl/N-ethyl adjacent to an activating group) is 1. The molecule has 0 unspecified atom stereocenters. The van der Waals surface area contributed by atoms with Gasteiger partial charge < -0.3 is 9.42 Å². The van der Waals surface area contributed by atoms with Crippen LogP contribution in [0.25, 0.3) is 0 Å². The van der Waals surface area contributed by atoms with Gasteiger partial charge in [0.25, 0.3) is 0 Å². The molecule has 0 spiro atoms. The Bertz CT molecular complexity index is 748. The van der Waals surface area contributed by atoms with Gasteiger partial charge in [-0.3, -0.25) is 9.69 Å². The van der Waals surface area contributed by atoms with Crippen molar-refractivity contribution in [1.82, 2.24) is 19.9 Å². The third-order valence-corrected chi connectivity index (χ3v) is 5.08. The maximum absolute atomic E-state index is 13.2. The molecule has 1 atom stereocenters. The second kappa shape index (κ2) is 7.99. The van der Waals surface area contributed by atoms with E-state index in [4.69, 9.17) is 4.52 Å². The van der Waals surface area contributed by atoms with Gasteiger partial charge in [-0.25, -0.2) is 0 Å². The predicted molar refractivity (Wildman–Crippen MR) is 99.7 cm³/mol. The van der Waals surface area contributed by atoms with Crippen molar-refractivity contribution in [3.63, 3.8) is 0 Å². The Morgan fingerprint density at radius 3 is 2.62 bits per heavy atom. The molecule has 0 aliphatic carbocycles. The van der Waals surface area contributed by atoms with E-state index in [-0.39, 0.29) is 11.9 Å². The zero-order valence-corrected chi connectivity index (χ0v) is 16.1. The van der Waals surface area contributed by atoms with Gasteiger partial charge in [-0.05, 0) is 45.3 Å². The molecule has 6 heteroatoms. The number of hydrogen-bond acceptors (Lipinski definition) is 5. The number of rotatable bonds is 5. The van der Waals surface area contributed by atoms with Gasteiger partial charge in [0, 0.05) is 26.4 Å². The smallest absolute Gasteiger partial charge is 0.244 e. The van der Waals surface area contributed by atoms with Gasteiger partial charge in [-0.2, -0.15) is 4.98 Å². The van der Waals surface area contributed by atoms with E-state index < -0.39 is 0 Å². The fourth-order valence-electron chi connectivity index (χ4n) is 3.71. The summed E-state index contributed by atoms with van der Waals surface area (Å²) in [6.45, 7) is 5.45. The highest BCUT2D eigenvalue weighted by molar-refractivity contribution is 5.83. The van der Waals surface area contributed by atoms with Gasteiger partial charge in [-0.1, -0.05) is 35.0 Å². The van der Waals surface area contributed by atoms with E-state index in [0.29, 0.717) is 11.8 Å². The summed E-state index contributed by atoms with van der Waals surface area (Å²) in [5, 5.41) is 3.99. The number of nitrogens with zero attached hydrogens (tertiary/aromatic N) is 4. The van der Waals surface area contributed by atoms with Crippen molar-refractivity contribution in [3.05, 3.63) is 47.1 Å². The van der Waals surface area contributed by atoms with Crippen LogP contribution in [-0.4, -0.2) is 53.0 Å². The quantitative estimate of drug-likeness (QED) is 0.824. The number of carbonyl (C=O) groups is 1. The molecule has 1 aromatic carbocycles. The molecular formula is C20H28N4O2. The molecule has 0 saturated carbocycles. The highest BCUT2D eigenvalue weighted by atomic mass is 16.5. The fourth-order valence-corrected chi connectivity index (χ4v) is 3.71. The first-order valence-corrected chi connectivity index (χ1v) is 9.25. The van der Waals surface area contributed by atoms with Crippen LogP contribution in [0, 0.1) is 19.8 Å². The minimum Gasteiger partial charge on any atom is -0.341 e. The van der Waals surface area contributed by atoms with Crippen molar-refractivity contribution in [3.8, 4) is 0 Å². The maximum Gasteiger partial charge on any atom is 0.244 e. The molecule has 1 amide bonds. The van der Waals surface area contributed by atoms with E-state index in [1.807, 2.05) is 43.0 Å². The lowest BCUT2D eigenvalue weighted by Gasteiger charge is -2.36. The van der Waals surface area contributed by atoms with Crippen molar-refractivity contribution in [2.24, 2.45) is 5.92 Å². The number of piperidine rings is 1. The van der Waals surface area contributed by atoms with E-state index in [1.165, 1.54) is 5.56 Å². The van der Waals surface area contributed by atoms with Crippen molar-refractivity contribution >= 4 is 5.91 Å². The molecule has 1 saturated heterocycles. The second-order valence-electron chi connectivity index (χ2n) is 7.48. The van der Waals surface area contributed by atoms with E-state index in [1.54, 1.807) is 0 Å². The first kappa shape index (κ1) is 18.6. The molecule has 2 aromatic rings. The lowest BCUT2D eigenvalue weighted by molar-refractivity contribution is -0.137. The van der Waals surface area contributed by atoms with Gasteiger partial charge >= 0.3 is 0 Å². The molecule has 6 nitrogen and oxygen atoms in total. The first-order valence-electron chi connectivity index (χ1n) is 9.25. The van der Waals surface area contributed by atoms with Crippen molar-refractivity contribution in [1.29, 1.82) is 0 Å². The Kier molecular flexibility index (Phi) is 5.71. The molecule has 0 radical (unpaired) electrons. The standard InChI is InChI=1S/C20H28N4O2/c1-14-6-5-7-17(12-14)19(23(3)4)20(25)24-10-8-16(9-11-24)13-18-21-15(2)26-22-18/h5-7,12,16,19H,8-11,13H2,1-4H3/t19-/m1/s1. The molecule has 26 heavy (non-hydrogen) atoms. The van der Waals surface area contributed by atoms with Gasteiger partial charge in [0.05, 0.1) is 0 Å². The normalized spacial score (nSPS) is 16.9. The summed E-state index contributed by atoms with van der Waals surface area (Å²) in [4.78, 5) is 21.5. The van der Waals surface area contributed by atoms with Crippen LogP contribution in [0.4, 0.5) is 0 Å². The van der Waals surface area contributed by atoms with Crippen molar-refractivity contribution < 1.29 is 9.32 Å². The second-order valence-corrected chi connectivity index (χ2v) is 7.48. The van der Waals surface area contributed by atoms with Crippen LogP contribution in [0.1, 0.15) is 41.7 Å². The molecule has 1 fully saturated rings. The van der Waals surface area contributed by atoms with E-state index in [2.05, 4.69) is 29.2 Å². The third kappa shape index (κ3) is 4.30. The van der Waals surface area contributed by atoms with Crippen LogP contribution < -0.4 is 0 Å². The highest BCUT2D eigenvalue weighted by Crippen LogP contribution is 2.26. The summed E-state index contributed by atoms with van der Waals surface area (Å²) < 4.78 is 5.05.